The van der Waals surface area contributed by atoms with Gasteiger partial charge in [0.05, 0.1) is 17.7 Å². The summed E-state index contributed by atoms with van der Waals surface area (Å²) in [5.74, 6) is -0.554. The van der Waals surface area contributed by atoms with Crippen LogP contribution in [0.15, 0.2) is 58.5 Å². The zero-order chi connectivity index (χ0) is 18.4. The summed E-state index contributed by atoms with van der Waals surface area (Å²) in [6, 6.07) is 13.4. The van der Waals surface area contributed by atoms with Crippen molar-refractivity contribution in [3.8, 4) is 0 Å². The summed E-state index contributed by atoms with van der Waals surface area (Å²) in [7, 11) is -2.40. The Labute approximate surface area is 152 Å². The van der Waals surface area contributed by atoms with Gasteiger partial charge in [-0.3, -0.25) is 4.79 Å². The number of benzene rings is 2. The number of hydrazone groups is 1. The molecule has 6 nitrogen and oxygen atoms in total. The van der Waals surface area contributed by atoms with E-state index >= 15 is 0 Å². The predicted octanol–water partition coefficient (Wildman–Crippen LogP) is 2.42. The van der Waals surface area contributed by atoms with Crippen LogP contribution in [0.25, 0.3) is 0 Å². The van der Waals surface area contributed by atoms with E-state index in [1.807, 2.05) is 6.92 Å². The Morgan fingerprint density at radius 3 is 2.48 bits per heavy atom. The highest BCUT2D eigenvalue weighted by Gasteiger charge is 2.22. The van der Waals surface area contributed by atoms with Gasteiger partial charge in [-0.1, -0.05) is 47.5 Å². The van der Waals surface area contributed by atoms with Gasteiger partial charge < -0.3 is 0 Å². The summed E-state index contributed by atoms with van der Waals surface area (Å²) < 4.78 is 25.8. The molecule has 0 aliphatic rings. The second kappa shape index (κ2) is 8.24. The minimum Gasteiger partial charge on any atom is -0.272 e. The van der Waals surface area contributed by atoms with Gasteiger partial charge >= 0.3 is 0 Å². The van der Waals surface area contributed by atoms with E-state index in [9.17, 15) is 13.2 Å². The van der Waals surface area contributed by atoms with Crippen molar-refractivity contribution in [3.63, 3.8) is 0 Å². The Bertz CT molecular complexity index is 880. The molecule has 0 bridgehead atoms. The number of hydrogen-bond donors (Lipinski definition) is 1. The Morgan fingerprint density at radius 2 is 1.84 bits per heavy atom. The van der Waals surface area contributed by atoms with E-state index in [4.69, 9.17) is 11.6 Å². The first-order valence-corrected chi connectivity index (χ1v) is 9.22. The zero-order valence-electron chi connectivity index (χ0n) is 13.8. The molecule has 0 fully saturated rings. The Morgan fingerprint density at radius 1 is 1.20 bits per heavy atom. The number of nitrogens with one attached hydrogen (secondary N) is 1. The van der Waals surface area contributed by atoms with Crippen LogP contribution in [0.4, 0.5) is 0 Å². The van der Waals surface area contributed by atoms with Gasteiger partial charge in [0.25, 0.3) is 5.91 Å². The van der Waals surface area contributed by atoms with E-state index in [0.717, 1.165) is 9.87 Å². The minimum atomic E-state index is -3.74. The van der Waals surface area contributed by atoms with Crippen molar-refractivity contribution in [2.24, 2.45) is 5.10 Å². The second-order valence-corrected chi connectivity index (χ2v) is 7.84. The number of aryl methyl sites for hydroxylation is 1. The van der Waals surface area contributed by atoms with E-state index in [0.29, 0.717) is 10.6 Å². The van der Waals surface area contributed by atoms with Crippen LogP contribution in [0.1, 0.15) is 11.1 Å². The summed E-state index contributed by atoms with van der Waals surface area (Å²) in [5.41, 5.74) is 3.88. The van der Waals surface area contributed by atoms with Crippen LogP contribution in [0.3, 0.4) is 0 Å². The first kappa shape index (κ1) is 19.1. The lowest BCUT2D eigenvalue weighted by Crippen LogP contribution is -2.36. The number of rotatable bonds is 6. The van der Waals surface area contributed by atoms with Crippen molar-refractivity contribution in [2.75, 3.05) is 13.6 Å². The maximum atomic E-state index is 12.4. The largest absolute Gasteiger partial charge is 0.272 e. The van der Waals surface area contributed by atoms with Gasteiger partial charge in [-0.15, -0.1) is 0 Å². The summed E-state index contributed by atoms with van der Waals surface area (Å²) >= 11 is 5.97. The standard InChI is InChI=1S/C17H18ClN3O3S/c1-13-7-9-15(10-8-13)25(23,24)21(2)12-17(22)20-19-11-14-5-3-4-6-16(14)18/h3-11H,12H2,1-2H3,(H,20,22)/b19-11+. The highest BCUT2D eigenvalue weighted by atomic mass is 35.5. The maximum Gasteiger partial charge on any atom is 0.255 e. The Hall–Kier alpha value is -2.22. The molecule has 0 saturated heterocycles. The topological polar surface area (TPSA) is 78.8 Å². The molecule has 25 heavy (non-hydrogen) atoms. The number of halogens is 1. The van der Waals surface area contributed by atoms with Gasteiger partial charge in [0.1, 0.15) is 0 Å². The molecule has 0 atom stereocenters. The number of amides is 1. The first-order valence-electron chi connectivity index (χ1n) is 7.40. The third-order valence-corrected chi connectivity index (χ3v) is 5.56. The number of nitrogens with zero attached hydrogens (tertiary/aromatic N) is 2. The SMILES string of the molecule is Cc1ccc(S(=O)(=O)N(C)CC(=O)N/N=C/c2ccccc2Cl)cc1. The molecule has 132 valence electrons. The fraction of sp³-hybridized carbons (Fsp3) is 0.176. The summed E-state index contributed by atoms with van der Waals surface area (Å²) in [6.45, 7) is 1.51. The number of sulfonamides is 1. The highest BCUT2D eigenvalue weighted by Crippen LogP contribution is 2.15. The normalized spacial score (nSPS) is 11.8. The van der Waals surface area contributed by atoms with Crippen LogP contribution in [-0.2, 0) is 14.8 Å². The predicted molar refractivity (Wildman–Crippen MR) is 98.2 cm³/mol. The molecule has 2 rings (SSSR count). The average Bonchev–Trinajstić information content (AvgIpc) is 2.57. The third kappa shape index (κ3) is 5.12. The van der Waals surface area contributed by atoms with Crippen LogP contribution in [-0.4, -0.2) is 38.4 Å². The minimum absolute atomic E-state index is 0.132. The molecule has 1 amide bonds. The first-order chi connectivity index (χ1) is 11.8. The van der Waals surface area contributed by atoms with Crippen LogP contribution < -0.4 is 5.43 Å². The molecule has 0 aromatic heterocycles. The molecule has 8 heteroatoms. The van der Waals surface area contributed by atoms with Crippen molar-refractivity contribution in [3.05, 3.63) is 64.7 Å². The molecule has 0 unspecified atom stereocenters. The van der Waals surface area contributed by atoms with Crippen molar-refractivity contribution in [1.29, 1.82) is 0 Å². The van der Waals surface area contributed by atoms with Crippen molar-refractivity contribution >= 4 is 33.7 Å². The summed E-state index contributed by atoms with van der Waals surface area (Å²) in [5, 5.41) is 4.29. The fourth-order valence-corrected chi connectivity index (χ4v) is 3.28. The van der Waals surface area contributed by atoms with E-state index < -0.39 is 15.9 Å². The lowest BCUT2D eigenvalue weighted by molar-refractivity contribution is -0.121. The molecule has 0 aliphatic carbocycles. The highest BCUT2D eigenvalue weighted by molar-refractivity contribution is 7.89. The molecule has 0 saturated carbocycles. The summed E-state index contributed by atoms with van der Waals surface area (Å²) in [4.78, 5) is 12.0. The van der Waals surface area contributed by atoms with E-state index in [1.165, 1.54) is 25.4 Å². The molecule has 2 aromatic rings. The van der Waals surface area contributed by atoms with Gasteiger partial charge in [0.2, 0.25) is 10.0 Å². The average molecular weight is 380 g/mol. The van der Waals surface area contributed by atoms with E-state index in [-0.39, 0.29) is 11.4 Å². The fourth-order valence-electron chi connectivity index (χ4n) is 1.97. The van der Waals surface area contributed by atoms with Gasteiger partial charge in [0, 0.05) is 17.6 Å². The van der Waals surface area contributed by atoms with Gasteiger partial charge in [-0.25, -0.2) is 13.8 Å². The molecular weight excluding hydrogens is 362 g/mol. The Kier molecular flexibility index (Phi) is 6.30. The molecule has 0 spiro atoms. The smallest absolute Gasteiger partial charge is 0.255 e. The molecular formula is C17H18ClN3O3S. The zero-order valence-corrected chi connectivity index (χ0v) is 15.4. The lowest BCUT2D eigenvalue weighted by atomic mass is 10.2. The van der Waals surface area contributed by atoms with Crippen LogP contribution in [0.2, 0.25) is 5.02 Å². The van der Waals surface area contributed by atoms with Crippen LogP contribution in [0, 0.1) is 6.92 Å². The second-order valence-electron chi connectivity index (χ2n) is 5.39. The molecule has 0 radical (unpaired) electrons. The van der Waals surface area contributed by atoms with E-state index in [1.54, 1.807) is 36.4 Å². The maximum absolute atomic E-state index is 12.4. The van der Waals surface area contributed by atoms with Gasteiger partial charge in [-0.05, 0) is 25.1 Å². The van der Waals surface area contributed by atoms with E-state index in [2.05, 4.69) is 10.5 Å². The molecule has 0 aliphatic heterocycles. The Balaban J connectivity index is 1.97. The quantitative estimate of drug-likeness (QED) is 0.618. The van der Waals surface area contributed by atoms with Gasteiger partial charge in [-0.2, -0.15) is 9.41 Å². The van der Waals surface area contributed by atoms with Crippen molar-refractivity contribution in [1.82, 2.24) is 9.73 Å². The van der Waals surface area contributed by atoms with Crippen molar-refractivity contribution < 1.29 is 13.2 Å². The molecule has 0 heterocycles. The molecule has 2 aromatic carbocycles. The lowest BCUT2D eigenvalue weighted by Gasteiger charge is -2.16. The number of carbonyl (C=O) groups is 1. The van der Waals surface area contributed by atoms with Crippen LogP contribution >= 0.6 is 11.6 Å². The number of carbonyl (C=O) groups excluding carboxylic acids is 1. The number of likely N-dealkylation sites (N-methyl/N-ethyl adjacent to an activating group) is 1. The summed E-state index contributed by atoms with van der Waals surface area (Å²) in [6.07, 6.45) is 1.40. The van der Waals surface area contributed by atoms with Gasteiger partial charge in [0.15, 0.2) is 0 Å². The van der Waals surface area contributed by atoms with Crippen molar-refractivity contribution in [2.45, 2.75) is 11.8 Å². The number of hydrogen-bond acceptors (Lipinski definition) is 4. The van der Waals surface area contributed by atoms with Crippen LogP contribution in [0.5, 0.6) is 0 Å². The third-order valence-electron chi connectivity index (χ3n) is 3.39. The monoisotopic (exact) mass is 379 g/mol. The molecule has 1 N–H and O–H groups in total.